The van der Waals surface area contributed by atoms with E-state index in [1.54, 1.807) is 54.9 Å². The Morgan fingerprint density at radius 3 is 2.53 bits per heavy atom. The van der Waals surface area contributed by atoms with Gasteiger partial charge in [-0.2, -0.15) is 0 Å². The first-order valence-corrected chi connectivity index (χ1v) is 9.52. The van der Waals surface area contributed by atoms with Crippen molar-refractivity contribution in [2.24, 2.45) is 0 Å². The fraction of sp³-hybridized carbons (Fsp3) is 0.0870. The van der Waals surface area contributed by atoms with Crippen molar-refractivity contribution in [3.8, 4) is 0 Å². The number of hydrogen-bond donors (Lipinski definition) is 1. The summed E-state index contributed by atoms with van der Waals surface area (Å²) in [6.07, 6.45) is 3.18. The van der Waals surface area contributed by atoms with Crippen molar-refractivity contribution in [1.29, 1.82) is 0 Å². The lowest BCUT2D eigenvalue weighted by molar-refractivity contribution is -0.140. The molecular weight excluding hydrogens is 407 g/mol. The van der Waals surface area contributed by atoms with Crippen LogP contribution < -0.4 is 0 Å². The summed E-state index contributed by atoms with van der Waals surface area (Å²) in [5, 5.41) is 11.4. The van der Waals surface area contributed by atoms with Crippen molar-refractivity contribution in [1.82, 2.24) is 9.88 Å². The van der Waals surface area contributed by atoms with Crippen LogP contribution >= 0.6 is 11.6 Å². The second kappa shape index (κ2) is 8.08. The minimum atomic E-state index is -0.948. The van der Waals surface area contributed by atoms with Gasteiger partial charge in [-0.25, -0.2) is 4.39 Å². The SMILES string of the molecule is O=C1C(=O)N(Cc2cccnc2)[C@@H](c2cccc(F)c2)C1=C(O)c1ccc(Cl)cc1. The second-order valence-corrected chi connectivity index (χ2v) is 7.29. The van der Waals surface area contributed by atoms with E-state index in [0.29, 0.717) is 21.7 Å². The fourth-order valence-electron chi connectivity index (χ4n) is 3.52. The molecular formula is C23H16ClFN2O3. The third kappa shape index (κ3) is 3.69. The average molecular weight is 423 g/mol. The molecule has 1 fully saturated rings. The number of hydrogen-bond acceptors (Lipinski definition) is 4. The van der Waals surface area contributed by atoms with E-state index in [-0.39, 0.29) is 17.9 Å². The lowest BCUT2D eigenvalue weighted by Gasteiger charge is -2.25. The predicted molar refractivity (Wildman–Crippen MR) is 110 cm³/mol. The number of carbonyl (C=O) groups excluding carboxylic acids is 2. The Morgan fingerprint density at radius 1 is 1.10 bits per heavy atom. The van der Waals surface area contributed by atoms with Crippen molar-refractivity contribution in [2.75, 3.05) is 0 Å². The van der Waals surface area contributed by atoms with Gasteiger partial charge in [-0.15, -0.1) is 0 Å². The van der Waals surface area contributed by atoms with Crippen LogP contribution in [0.5, 0.6) is 0 Å². The number of pyridine rings is 1. The summed E-state index contributed by atoms with van der Waals surface area (Å²) >= 11 is 5.91. The van der Waals surface area contributed by atoms with Gasteiger partial charge in [0, 0.05) is 29.5 Å². The molecule has 5 nitrogen and oxygen atoms in total. The van der Waals surface area contributed by atoms with Crippen LogP contribution in [0.3, 0.4) is 0 Å². The van der Waals surface area contributed by atoms with E-state index < -0.39 is 23.5 Å². The molecule has 1 N–H and O–H groups in total. The van der Waals surface area contributed by atoms with Crippen LogP contribution in [0, 0.1) is 5.82 Å². The van der Waals surface area contributed by atoms with Gasteiger partial charge < -0.3 is 10.0 Å². The van der Waals surface area contributed by atoms with Gasteiger partial charge in [0.25, 0.3) is 11.7 Å². The standard InChI is InChI=1S/C23H16ClFN2O3/c24-17-8-6-15(7-9-17)21(28)19-20(16-4-1-5-18(25)11-16)27(23(30)22(19)29)13-14-3-2-10-26-12-14/h1-12,20,28H,13H2/t20-/m0/s1. The molecule has 2 heterocycles. The van der Waals surface area contributed by atoms with Crippen molar-refractivity contribution in [3.63, 3.8) is 0 Å². The average Bonchev–Trinajstić information content (AvgIpc) is 2.99. The number of aliphatic hydroxyl groups excluding tert-OH is 1. The highest BCUT2D eigenvalue weighted by Crippen LogP contribution is 2.40. The number of Topliss-reactive ketones (excluding diaryl/α,β-unsaturated/α-hetero) is 1. The summed E-state index contributed by atoms with van der Waals surface area (Å²) in [6, 6.07) is 14.4. The first kappa shape index (κ1) is 19.8. The van der Waals surface area contributed by atoms with E-state index in [0.717, 1.165) is 0 Å². The van der Waals surface area contributed by atoms with Crippen LogP contribution in [0.2, 0.25) is 5.02 Å². The fourth-order valence-corrected chi connectivity index (χ4v) is 3.64. The Bertz CT molecular complexity index is 1150. The highest BCUT2D eigenvalue weighted by Gasteiger charge is 2.46. The van der Waals surface area contributed by atoms with E-state index in [1.807, 2.05) is 0 Å². The van der Waals surface area contributed by atoms with Gasteiger partial charge in [0.1, 0.15) is 11.6 Å². The molecule has 1 atom stereocenters. The number of carbonyl (C=O) groups is 2. The zero-order chi connectivity index (χ0) is 21.3. The van der Waals surface area contributed by atoms with Gasteiger partial charge in [-0.1, -0.05) is 29.8 Å². The van der Waals surface area contributed by atoms with Crippen molar-refractivity contribution < 1.29 is 19.1 Å². The highest BCUT2D eigenvalue weighted by atomic mass is 35.5. The number of benzene rings is 2. The van der Waals surface area contributed by atoms with Gasteiger partial charge in [-0.05, 0) is 53.6 Å². The molecule has 1 saturated heterocycles. The van der Waals surface area contributed by atoms with Crippen molar-refractivity contribution in [3.05, 3.63) is 106 Å². The number of halogens is 2. The summed E-state index contributed by atoms with van der Waals surface area (Å²) in [4.78, 5) is 31.1. The van der Waals surface area contributed by atoms with Crippen LogP contribution in [-0.2, 0) is 16.1 Å². The van der Waals surface area contributed by atoms with Crippen molar-refractivity contribution in [2.45, 2.75) is 12.6 Å². The zero-order valence-corrected chi connectivity index (χ0v) is 16.4. The Morgan fingerprint density at radius 2 is 1.87 bits per heavy atom. The largest absolute Gasteiger partial charge is 0.507 e. The quantitative estimate of drug-likeness (QED) is 0.382. The molecule has 4 rings (SSSR count). The van der Waals surface area contributed by atoms with Crippen LogP contribution in [0.15, 0.2) is 78.6 Å². The second-order valence-electron chi connectivity index (χ2n) is 6.85. The highest BCUT2D eigenvalue weighted by molar-refractivity contribution is 6.46. The lowest BCUT2D eigenvalue weighted by atomic mass is 9.95. The minimum absolute atomic E-state index is 0.0803. The maximum Gasteiger partial charge on any atom is 0.295 e. The molecule has 0 bridgehead atoms. The molecule has 150 valence electrons. The molecule has 1 aliphatic rings. The predicted octanol–water partition coefficient (Wildman–Crippen LogP) is 4.50. The smallest absolute Gasteiger partial charge is 0.295 e. The summed E-state index contributed by atoms with van der Waals surface area (Å²) in [7, 11) is 0. The normalized spacial score (nSPS) is 18.1. The van der Waals surface area contributed by atoms with Crippen LogP contribution in [0.4, 0.5) is 4.39 Å². The van der Waals surface area contributed by atoms with E-state index in [2.05, 4.69) is 4.98 Å². The molecule has 3 aromatic rings. The first-order chi connectivity index (χ1) is 14.5. The molecule has 0 spiro atoms. The molecule has 7 heteroatoms. The Hall–Kier alpha value is -3.51. The molecule has 1 aromatic heterocycles. The molecule has 30 heavy (non-hydrogen) atoms. The summed E-state index contributed by atoms with van der Waals surface area (Å²) in [5.41, 5.74) is 1.32. The lowest BCUT2D eigenvalue weighted by Crippen LogP contribution is -2.29. The number of nitrogens with zero attached hydrogens (tertiary/aromatic N) is 2. The molecule has 0 radical (unpaired) electrons. The summed E-state index contributed by atoms with van der Waals surface area (Å²) in [6.45, 7) is 0.0803. The number of amides is 1. The molecule has 0 saturated carbocycles. The molecule has 2 aromatic carbocycles. The Labute approximate surface area is 177 Å². The number of aromatic nitrogens is 1. The third-order valence-electron chi connectivity index (χ3n) is 4.90. The number of ketones is 1. The van der Waals surface area contributed by atoms with Crippen molar-refractivity contribution >= 4 is 29.1 Å². The van der Waals surface area contributed by atoms with Crippen LogP contribution in [-0.4, -0.2) is 26.7 Å². The Balaban J connectivity index is 1.87. The van der Waals surface area contributed by atoms with E-state index >= 15 is 0 Å². The topological polar surface area (TPSA) is 70.5 Å². The summed E-state index contributed by atoms with van der Waals surface area (Å²) in [5.74, 6) is -2.46. The minimum Gasteiger partial charge on any atom is -0.507 e. The maximum absolute atomic E-state index is 14.0. The van der Waals surface area contributed by atoms with Gasteiger partial charge in [0.05, 0.1) is 11.6 Å². The van der Waals surface area contributed by atoms with Crippen LogP contribution in [0.1, 0.15) is 22.7 Å². The summed E-state index contributed by atoms with van der Waals surface area (Å²) < 4.78 is 14.0. The third-order valence-corrected chi connectivity index (χ3v) is 5.15. The van der Waals surface area contributed by atoms with Crippen LogP contribution in [0.25, 0.3) is 5.76 Å². The maximum atomic E-state index is 14.0. The van der Waals surface area contributed by atoms with Gasteiger partial charge >= 0.3 is 0 Å². The van der Waals surface area contributed by atoms with E-state index in [4.69, 9.17) is 11.6 Å². The number of rotatable bonds is 4. The first-order valence-electron chi connectivity index (χ1n) is 9.14. The molecule has 0 unspecified atom stereocenters. The zero-order valence-electron chi connectivity index (χ0n) is 15.6. The monoisotopic (exact) mass is 422 g/mol. The van der Waals surface area contributed by atoms with Gasteiger partial charge in [-0.3, -0.25) is 14.6 Å². The van der Waals surface area contributed by atoms with Gasteiger partial charge in [0.15, 0.2) is 0 Å². The van der Waals surface area contributed by atoms with E-state index in [1.165, 1.54) is 23.1 Å². The molecule has 1 aliphatic heterocycles. The molecule has 1 amide bonds. The van der Waals surface area contributed by atoms with E-state index in [9.17, 15) is 19.1 Å². The number of likely N-dealkylation sites (tertiary alicyclic amines) is 1. The Kier molecular flexibility index (Phi) is 5.33. The van der Waals surface area contributed by atoms with Gasteiger partial charge in [0.2, 0.25) is 0 Å². The molecule has 0 aliphatic carbocycles. The number of aliphatic hydroxyl groups is 1.